The minimum Gasteiger partial charge on any atom is -0.444 e. The molecule has 0 aliphatic rings. The molecule has 0 spiro atoms. The summed E-state index contributed by atoms with van der Waals surface area (Å²) in [4.78, 5) is 11.5. The first kappa shape index (κ1) is 20.3. The van der Waals surface area contributed by atoms with Gasteiger partial charge in [-0.1, -0.05) is 48.0 Å². The van der Waals surface area contributed by atoms with Crippen LogP contribution < -0.4 is 5.32 Å². The number of hydrogen-bond acceptors (Lipinski definition) is 2. The summed E-state index contributed by atoms with van der Waals surface area (Å²) in [6, 6.07) is 0. The van der Waals surface area contributed by atoms with Crippen LogP contribution in [0.3, 0.4) is 0 Å². The van der Waals surface area contributed by atoms with Gasteiger partial charge in [0.1, 0.15) is 5.60 Å². The van der Waals surface area contributed by atoms with Crippen LogP contribution in [-0.2, 0) is 4.74 Å². The van der Waals surface area contributed by atoms with Crippen molar-refractivity contribution >= 4 is 6.09 Å². The molecule has 0 radical (unpaired) electrons. The number of carbonyl (C=O) groups excluding carboxylic acids is 1. The molecular formula is C18H37NO2. The van der Waals surface area contributed by atoms with Gasteiger partial charge in [-0.3, -0.25) is 0 Å². The summed E-state index contributed by atoms with van der Waals surface area (Å²) in [5.41, 5.74) is 0.210. The molecule has 0 heterocycles. The average molecular weight is 299 g/mol. The van der Waals surface area contributed by atoms with E-state index in [9.17, 15) is 4.79 Å². The zero-order valence-corrected chi connectivity index (χ0v) is 15.7. The third kappa shape index (κ3) is 9.76. The lowest BCUT2D eigenvalue weighted by Gasteiger charge is -2.41. The molecule has 0 atom stereocenters. The molecule has 3 heteroatoms. The number of ether oxygens (including phenoxy) is 1. The van der Waals surface area contributed by atoms with E-state index >= 15 is 0 Å². The molecule has 21 heavy (non-hydrogen) atoms. The summed E-state index contributed by atoms with van der Waals surface area (Å²) in [5.74, 6) is 0.673. The van der Waals surface area contributed by atoms with E-state index in [-0.39, 0.29) is 6.09 Å². The van der Waals surface area contributed by atoms with Crippen molar-refractivity contribution in [2.75, 3.05) is 6.54 Å². The molecule has 0 aliphatic carbocycles. The Hall–Kier alpha value is -0.730. The smallest absolute Gasteiger partial charge is 0.407 e. The average Bonchev–Trinajstić information content (AvgIpc) is 2.16. The van der Waals surface area contributed by atoms with Crippen LogP contribution in [0.15, 0.2) is 0 Å². The van der Waals surface area contributed by atoms with Gasteiger partial charge in [-0.05, 0) is 50.4 Å². The molecule has 1 N–H and O–H groups in total. The first-order valence-electron chi connectivity index (χ1n) is 8.20. The van der Waals surface area contributed by atoms with Gasteiger partial charge in [-0.2, -0.15) is 0 Å². The molecule has 0 fully saturated rings. The van der Waals surface area contributed by atoms with Crippen LogP contribution in [0.5, 0.6) is 0 Å². The van der Waals surface area contributed by atoms with Crippen LogP contribution in [-0.4, -0.2) is 18.2 Å². The molecule has 0 unspecified atom stereocenters. The molecule has 0 aliphatic heterocycles. The summed E-state index contributed by atoms with van der Waals surface area (Å²) in [6.07, 6.45) is 3.02. The highest BCUT2D eigenvalue weighted by Crippen LogP contribution is 2.42. The highest BCUT2D eigenvalue weighted by atomic mass is 16.6. The zero-order chi connectivity index (χ0) is 16.9. The van der Waals surface area contributed by atoms with Gasteiger partial charge in [0.05, 0.1) is 0 Å². The predicted octanol–water partition coefficient (Wildman–Crippen LogP) is 5.39. The molecule has 126 valence electrons. The monoisotopic (exact) mass is 299 g/mol. The number of rotatable bonds is 5. The molecule has 0 saturated heterocycles. The third-order valence-corrected chi connectivity index (χ3v) is 3.68. The fourth-order valence-corrected chi connectivity index (χ4v) is 3.14. The van der Waals surface area contributed by atoms with Gasteiger partial charge in [0.2, 0.25) is 0 Å². The lowest BCUT2D eigenvalue weighted by atomic mass is 9.65. The van der Waals surface area contributed by atoms with Gasteiger partial charge in [-0.25, -0.2) is 4.79 Å². The highest BCUT2D eigenvalue weighted by molar-refractivity contribution is 5.67. The molecule has 3 nitrogen and oxygen atoms in total. The van der Waals surface area contributed by atoms with Crippen molar-refractivity contribution in [3.8, 4) is 0 Å². The van der Waals surface area contributed by atoms with E-state index in [0.717, 1.165) is 12.8 Å². The van der Waals surface area contributed by atoms with Gasteiger partial charge >= 0.3 is 6.09 Å². The Morgan fingerprint density at radius 1 is 0.905 bits per heavy atom. The molecule has 0 rings (SSSR count). The Morgan fingerprint density at radius 2 is 1.38 bits per heavy atom. The maximum absolute atomic E-state index is 11.5. The minimum atomic E-state index is -0.423. The van der Waals surface area contributed by atoms with E-state index in [1.165, 1.54) is 6.42 Å². The summed E-state index contributed by atoms with van der Waals surface area (Å²) >= 11 is 0. The maximum Gasteiger partial charge on any atom is 0.407 e. The second kappa shape index (κ2) is 7.51. The second-order valence-electron chi connectivity index (χ2n) is 9.21. The molecule has 1 amide bonds. The van der Waals surface area contributed by atoms with Gasteiger partial charge < -0.3 is 10.1 Å². The van der Waals surface area contributed by atoms with Crippen LogP contribution >= 0.6 is 0 Å². The van der Waals surface area contributed by atoms with E-state index in [2.05, 4.69) is 46.9 Å². The highest BCUT2D eigenvalue weighted by Gasteiger charge is 2.33. The van der Waals surface area contributed by atoms with E-state index in [1.807, 2.05) is 20.8 Å². The minimum absolute atomic E-state index is 0.314. The zero-order valence-electron chi connectivity index (χ0n) is 15.7. The second-order valence-corrected chi connectivity index (χ2v) is 9.21. The molecule has 0 aromatic rings. The van der Waals surface area contributed by atoms with Crippen molar-refractivity contribution in [2.24, 2.45) is 16.7 Å². The Morgan fingerprint density at radius 3 is 1.76 bits per heavy atom. The maximum atomic E-state index is 11.5. The number of amides is 1. The largest absolute Gasteiger partial charge is 0.444 e. The Labute approximate surface area is 132 Å². The SMILES string of the molecule is CC(C)(C)OC(=O)NCCCCC(C(C)(C)C)C(C)(C)C. The Kier molecular flexibility index (Phi) is 7.25. The van der Waals surface area contributed by atoms with E-state index in [1.54, 1.807) is 0 Å². The van der Waals surface area contributed by atoms with Crippen LogP contribution in [0, 0.1) is 16.7 Å². The lowest BCUT2D eigenvalue weighted by molar-refractivity contribution is 0.0523. The first-order valence-corrected chi connectivity index (χ1v) is 8.20. The standard InChI is InChI=1S/C18H37NO2/c1-16(2,3)14(17(4,5)6)12-10-11-13-19-15(20)21-18(7,8)9/h14H,10-13H2,1-9H3,(H,19,20). The summed E-state index contributed by atoms with van der Waals surface area (Å²) in [6.45, 7) is 20.3. The van der Waals surface area contributed by atoms with E-state index < -0.39 is 5.60 Å². The molecule has 0 bridgehead atoms. The Bertz CT molecular complexity index is 302. The van der Waals surface area contributed by atoms with Crippen molar-refractivity contribution in [3.05, 3.63) is 0 Å². The Balaban J connectivity index is 4.06. The van der Waals surface area contributed by atoms with Crippen molar-refractivity contribution < 1.29 is 9.53 Å². The van der Waals surface area contributed by atoms with Crippen molar-refractivity contribution in [1.82, 2.24) is 5.32 Å². The number of nitrogens with one attached hydrogen (secondary N) is 1. The van der Waals surface area contributed by atoms with Gasteiger partial charge in [0.25, 0.3) is 0 Å². The van der Waals surface area contributed by atoms with E-state index in [0.29, 0.717) is 23.3 Å². The van der Waals surface area contributed by atoms with Crippen LogP contribution in [0.4, 0.5) is 4.79 Å². The molecule has 0 aromatic heterocycles. The van der Waals surface area contributed by atoms with Crippen LogP contribution in [0.2, 0.25) is 0 Å². The number of unbranched alkanes of at least 4 members (excludes halogenated alkanes) is 1. The van der Waals surface area contributed by atoms with Gasteiger partial charge in [-0.15, -0.1) is 0 Å². The van der Waals surface area contributed by atoms with Crippen molar-refractivity contribution in [3.63, 3.8) is 0 Å². The number of hydrogen-bond donors (Lipinski definition) is 1. The lowest BCUT2D eigenvalue weighted by Crippen LogP contribution is -2.34. The summed E-state index contributed by atoms with van der Waals surface area (Å²) in [5, 5.41) is 2.83. The fraction of sp³-hybridized carbons (Fsp3) is 0.944. The molecule has 0 saturated carbocycles. The predicted molar refractivity (Wildman–Crippen MR) is 90.5 cm³/mol. The van der Waals surface area contributed by atoms with Gasteiger partial charge in [0.15, 0.2) is 0 Å². The first-order chi connectivity index (χ1) is 9.23. The van der Waals surface area contributed by atoms with Crippen LogP contribution in [0.25, 0.3) is 0 Å². The number of carbonyl (C=O) groups is 1. The number of alkyl carbamates (subject to hydrolysis) is 1. The fourth-order valence-electron chi connectivity index (χ4n) is 3.14. The summed E-state index contributed by atoms with van der Waals surface area (Å²) in [7, 11) is 0. The topological polar surface area (TPSA) is 38.3 Å². The van der Waals surface area contributed by atoms with Gasteiger partial charge in [0, 0.05) is 6.54 Å². The molecule has 0 aromatic carbocycles. The molecular weight excluding hydrogens is 262 g/mol. The van der Waals surface area contributed by atoms with Crippen molar-refractivity contribution in [1.29, 1.82) is 0 Å². The quantitative estimate of drug-likeness (QED) is 0.691. The van der Waals surface area contributed by atoms with E-state index in [4.69, 9.17) is 4.74 Å². The summed E-state index contributed by atoms with van der Waals surface area (Å²) < 4.78 is 5.22. The van der Waals surface area contributed by atoms with Crippen molar-refractivity contribution in [2.45, 2.75) is 87.2 Å². The third-order valence-electron chi connectivity index (χ3n) is 3.68. The van der Waals surface area contributed by atoms with Crippen LogP contribution in [0.1, 0.15) is 81.6 Å². The normalized spacial score (nSPS) is 13.4.